The molecule has 1 unspecified atom stereocenters. The Morgan fingerprint density at radius 2 is 1.78 bits per heavy atom. The summed E-state index contributed by atoms with van der Waals surface area (Å²) < 4.78 is 8.67. The molecule has 0 aromatic heterocycles. The van der Waals surface area contributed by atoms with Gasteiger partial charge in [0, 0.05) is 7.11 Å². The third kappa shape index (κ3) is 3.11. The second-order valence-corrected chi connectivity index (χ2v) is 4.86. The average molecular weight is 151 g/mol. The Balaban J connectivity index is 3.68. The van der Waals surface area contributed by atoms with Gasteiger partial charge in [-0.2, -0.15) is 0 Å². The van der Waals surface area contributed by atoms with E-state index < -0.39 is 8.45 Å². The lowest BCUT2D eigenvalue weighted by molar-refractivity contribution is -0.728. The van der Waals surface area contributed by atoms with Crippen LogP contribution in [0.4, 0.5) is 0 Å². The standard InChI is InChI=1S/C5H15N2OP/c1-6(2)9(8-5)7(3)4/h1-5H3/p+1. The van der Waals surface area contributed by atoms with E-state index in [1.807, 2.05) is 14.1 Å². The van der Waals surface area contributed by atoms with E-state index >= 15 is 0 Å². The molecule has 0 aliphatic carbocycles. The Labute approximate surface area is 58.5 Å². The number of rotatable bonds is 3. The summed E-state index contributed by atoms with van der Waals surface area (Å²) in [5.74, 6) is 0. The van der Waals surface area contributed by atoms with Gasteiger partial charge >= 0.3 is 8.45 Å². The normalized spacial score (nSPS) is 15.0. The van der Waals surface area contributed by atoms with Crippen molar-refractivity contribution in [2.45, 2.75) is 0 Å². The van der Waals surface area contributed by atoms with Gasteiger partial charge in [-0.1, -0.05) is 0 Å². The van der Waals surface area contributed by atoms with Gasteiger partial charge in [0.15, 0.2) is 0 Å². The summed E-state index contributed by atoms with van der Waals surface area (Å²) >= 11 is 0. The molecule has 0 bridgehead atoms. The van der Waals surface area contributed by atoms with Crippen molar-refractivity contribution in [2.75, 3.05) is 35.3 Å². The zero-order valence-corrected chi connectivity index (χ0v) is 7.70. The summed E-state index contributed by atoms with van der Waals surface area (Å²) in [7, 11) is 9.57. The highest BCUT2D eigenvalue weighted by Gasteiger charge is 2.18. The van der Waals surface area contributed by atoms with Crippen LogP contribution in [0.5, 0.6) is 0 Å². The van der Waals surface area contributed by atoms with Crippen LogP contribution in [0.3, 0.4) is 0 Å². The number of hydrogen-bond acceptors (Lipinski definition) is 2. The zero-order valence-electron chi connectivity index (χ0n) is 6.80. The van der Waals surface area contributed by atoms with Crippen LogP contribution in [0.1, 0.15) is 0 Å². The van der Waals surface area contributed by atoms with Crippen LogP contribution in [-0.2, 0) is 4.52 Å². The van der Waals surface area contributed by atoms with Gasteiger partial charge in [-0.3, -0.25) is 4.67 Å². The molecule has 56 valence electrons. The van der Waals surface area contributed by atoms with Crippen molar-refractivity contribution >= 4 is 8.45 Å². The van der Waals surface area contributed by atoms with E-state index in [1.165, 1.54) is 4.67 Å². The molecule has 1 N–H and O–H groups in total. The molecule has 0 aliphatic rings. The summed E-state index contributed by atoms with van der Waals surface area (Å²) in [4.78, 5) is 0. The van der Waals surface area contributed by atoms with Crippen LogP contribution >= 0.6 is 8.45 Å². The van der Waals surface area contributed by atoms with Gasteiger partial charge in [-0.15, -0.1) is 0 Å². The molecule has 4 heteroatoms. The van der Waals surface area contributed by atoms with Gasteiger partial charge in [0.1, 0.15) is 0 Å². The molecule has 1 atom stereocenters. The first-order chi connectivity index (χ1) is 4.09. The monoisotopic (exact) mass is 151 g/mol. The van der Waals surface area contributed by atoms with Crippen molar-refractivity contribution in [3.05, 3.63) is 0 Å². The fourth-order valence-electron chi connectivity index (χ4n) is 0.746. The molecule has 3 nitrogen and oxygen atoms in total. The van der Waals surface area contributed by atoms with Crippen LogP contribution in [0.15, 0.2) is 0 Å². The lowest BCUT2D eigenvalue weighted by Gasteiger charge is -2.21. The quantitative estimate of drug-likeness (QED) is 0.551. The molecular formula is C5H16N2OP+. The Morgan fingerprint density at radius 3 is 1.78 bits per heavy atom. The molecule has 0 amide bonds. The minimum atomic E-state index is -0.426. The molecule has 0 saturated carbocycles. The maximum absolute atomic E-state index is 5.23. The minimum Gasteiger partial charge on any atom is -0.301 e. The molecule has 0 aromatic rings. The maximum atomic E-state index is 5.23. The van der Waals surface area contributed by atoms with Crippen molar-refractivity contribution in [3.8, 4) is 0 Å². The maximum Gasteiger partial charge on any atom is 0.340 e. The van der Waals surface area contributed by atoms with Crippen LogP contribution in [0.25, 0.3) is 0 Å². The molecule has 0 aromatic carbocycles. The third-order valence-electron chi connectivity index (χ3n) is 0.919. The highest BCUT2D eigenvalue weighted by atomic mass is 31.2. The zero-order chi connectivity index (χ0) is 7.44. The Bertz CT molecular complexity index is 69.4. The Hall–Kier alpha value is 0.310. The van der Waals surface area contributed by atoms with E-state index in [4.69, 9.17) is 4.52 Å². The first-order valence-corrected chi connectivity index (χ1v) is 4.12. The summed E-state index contributed by atoms with van der Waals surface area (Å²) in [6.45, 7) is 0. The molecule has 0 rings (SSSR count). The van der Waals surface area contributed by atoms with Crippen molar-refractivity contribution < 1.29 is 9.19 Å². The third-order valence-corrected chi connectivity index (χ3v) is 2.76. The predicted molar refractivity (Wildman–Crippen MR) is 40.4 cm³/mol. The van der Waals surface area contributed by atoms with Crippen molar-refractivity contribution in [1.29, 1.82) is 0 Å². The van der Waals surface area contributed by atoms with Gasteiger partial charge in [0.25, 0.3) is 0 Å². The fraction of sp³-hybridized carbons (Fsp3) is 1.00. The Morgan fingerprint density at radius 1 is 1.33 bits per heavy atom. The van der Waals surface area contributed by atoms with Crippen LogP contribution in [-0.4, -0.2) is 40.0 Å². The van der Waals surface area contributed by atoms with Crippen molar-refractivity contribution in [3.63, 3.8) is 0 Å². The van der Waals surface area contributed by atoms with Gasteiger partial charge in [0.2, 0.25) is 0 Å². The molecule has 0 spiro atoms. The van der Waals surface area contributed by atoms with E-state index in [9.17, 15) is 0 Å². The molecule has 0 aliphatic heterocycles. The van der Waals surface area contributed by atoms with Crippen LogP contribution in [0.2, 0.25) is 0 Å². The van der Waals surface area contributed by atoms with E-state index in [1.54, 1.807) is 7.11 Å². The number of nitrogens with zero attached hydrogens (tertiary/aromatic N) is 1. The first kappa shape index (κ1) is 9.31. The number of hydrogen-bond donors (Lipinski definition) is 1. The van der Waals surface area contributed by atoms with Gasteiger partial charge in [0.05, 0.1) is 14.1 Å². The second-order valence-electron chi connectivity index (χ2n) is 2.25. The lowest BCUT2D eigenvalue weighted by Crippen LogP contribution is -3.00. The lowest BCUT2D eigenvalue weighted by atomic mass is 11.3. The molecule has 0 heterocycles. The van der Waals surface area contributed by atoms with E-state index in [0.29, 0.717) is 0 Å². The summed E-state index contributed by atoms with van der Waals surface area (Å²) in [6.07, 6.45) is 0. The number of nitrogens with one attached hydrogen (secondary N) is 1. The predicted octanol–water partition coefficient (Wildman–Crippen LogP) is -0.434. The largest absolute Gasteiger partial charge is 0.340 e. The second kappa shape index (κ2) is 4.18. The summed E-state index contributed by atoms with van der Waals surface area (Å²) in [6, 6.07) is 0. The van der Waals surface area contributed by atoms with Crippen LogP contribution < -0.4 is 4.67 Å². The molecule has 0 radical (unpaired) electrons. The molecule has 9 heavy (non-hydrogen) atoms. The minimum absolute atomic E-state index is 0.426. The van der Waals surface area contributed by atoms with Gasteiger partial charge in [-0.25, -0.2) is 4.67 Å². The fourth-order valence-corrected chi connectivity index (χ4v) is 2.24. The average Bonchev–Trinajstić information content (AvgIpc) is 1.64. The van der Waals surface area contributed by atoms with E-state index in [2.05, 4.69) is 18.8 Å². The highest BCUT2D eigenvalue weighted by Crippen LogP contribution is 2.25. The number of quaternary nitrogens is 1. The van der Waals surface area contributed by atoms with Gasteiger partial charge < -0.3 is 4.52 Å². The van der Waals surface area contributed by atoms with E-state index in [-0.39, 0.29) is 0 Å². The Kier molecular flexibility index (Phi) is 4.32. The van der Waals surface area contributed by atoms with E-state index in [0.717, 1.165) is 0 Å². The topological polar surface area (TPSA) is 16.9 Å². The molecule has 0 fully saturated rings. The first-order valence-electron chi connectivity index (χ1n) is 2.91. The highest BCUT2D eigenvalue weighted by molar-refractivity contribution is 7.42. The van der Waals surface area contributed by atoms with Crippen LogP contribution in [0, 0.1) is 0 Å². The smallest absolute Gasteiger partial charge is 0.301 e. The summed E-state index contributed by atoms with van der Waals surface area (Å²) in [5.41, 5.74) is 0. The van der Waals surface area contributed by atoms with Crippen molar-refractivity contribution in [2.24, 2.45) is 0 Å². The van der Waals surface area contributed by atoms with Gasteiger partial charge in [-0.05, 0) is 14.1 Å². The molecule has 0 saturated heterocycles. The molecular weight excluding hydrogens is 135 g/mol. The van der Waals surface area contributed by atoms with Crippen molar-refractivity contribution in [1.82, 2.24) is 4.67 Å². The SMILES string of the molecule is COP(N(C)C)[NH+](C)C. The summed E-state index contributed by atoms with van der Waals surface area (Å²) in [5, 5.41) is 0.